The Morgan fingerprint density at radius 1 is 1.33 bits per heavy atom. The van der Waals surface area contributed by atoms with Gasteiger partial charge in [0.1, 0.15) is 0 Å². The normalized spacial score (nSPS) is 9.67. The second kappa shape index (κ2) is 4.87. The topological polar surface area (TPSA) is 37.3 Å². The van der Waals surface area contributed by atoms with Crippen LogP contribution in [-0.4, -0.2) is 11.1 Å². The average molecular weight is 274 g/mol. The van der Waals surface area contributed by atoms with Gasteiger partial charge in [0.05, 0.1) is 5.56 Å². The van der Waals surface area contributed by atoms with Gasteiger partial charge in [-0.25, -0.2) is 4.79 Å². The summed E-state index contributed by atoms with van der Waals surface area (Å²) < 4.78 is 0. The first-order valence-electron chi connectivity index (χ1n) is 4.32. The van der Waals surface area contributed by atoms with Gasteiger partial charge in [-0.3, -0.25) is 0 Å². The Bertz CT molecular complexity index is 506. The minimum Gasteiger partial charge on any atom is -0.478 e. The van der Waals surface area contributed by atoms with Crippen LogP contribution >= 0.6 is 0 Å². The van der Waals surface area contributed by atoms with Gasteiger partial charge in [-0.05, 0) is 12.5 Å². The number of hydrogen-bond acceptors (Lipinski definition) is 1. The maximum Gasteiger partial charge on any atom is 0.334 e. The van der Waals surface area contributed by atoms with E-state index in [0.717, 1.165) is 16.3 Å². The van der Waals surface area contributed by atoms with E-state index in [1.807, 2.05) is 18.2 Å². The Balaban J connectivity index is 0.00000112. The van der Waals surface area contributed by atoms with Crippen LogP contribution in [0.15, 0.2) is 30.3 Å². The summed E-state index contributed by atoms with van der Waals surface area (Å²) >= 11 is 0. The smallest absolute Gasteiger partial charge is 0.334 e. The van der Waals surface area contributed by atoms with Gasteiger partial charge in [0.2, 0.25) is 0 Å². The molecular formula is C12H9O2Y-. The molecule has 0 aliphatic rings. The zero-order chi connectivity index (χ0) is 10.1. The molecule has 73 valence electrons. The molecule has 0 aromatic heterocycles. The van der Waals surface area contributed by atoms with Gasteiger partial charge in [0.25, 0.3) is 0 Å². The van der Waals surface area contributed by atoms with Crippen LogP contribution in [0.1, 0.15) is 15.9 Å². The Labute approximate surface area is 113 Å². The first kappa shape index (κ1) is 12.3. The van der Waals surface area contributed by atoms with Crippen LogP contribution in [0.4, 0.5) is 0 Å². The molecule has 0 spiro atoms. The summed E-state index contributed by atoms with van der Waals surface area (Å²) in [7, 11) is 0. The molecule has 3 heteroatoms. The third-order valence-electron chi connectivity index (χ3n) is 2.26. The predicted octanol–water partition coefficient (Wildman–Crippen LogP) is 2.64. The predicted molar refractivity (Wildman–Crippen MR) is 54.5 cm³/mol. The van der Waals surface area contributed by atoms with Gasteiger partial charge in [-0.2, -0.15) is 24.3 Å². The fraction of sp³-hybridized carbons (Fsp3) is 0.0833. The molecular weight excluding hydrogens is 265 g/mol. The number of carboxylic acid groups (broad SMARTS) is 1. The number of hydrogen-bond donors (Lipinski definition) is 1. The summed E-state index contributed by atoms with van der Waals surface area (Å²) in [6, 6.07) is 12.0. The Morgan fingerprint density at radius 2 is 2.07 bits per heavy atom. The molecule has 0 aliphatic carbocycles. The van der Waals surface area contributed by atoms with Crippen molar-refractivity contribution in [2.45, 2.75) is 6.92 Å². The fourth-order valence-corrected chi connectivity index (χ4v) is 1.52. The molecule has 2 rings (SSSR count). The van der Waals surface area contributed by atoms with E-state index in [1.165, 1.54) is 0 Å². The number of fused-ring (bicyclic) bond motifs is 1. The van der Waals surface area contributed by atoms with Crippen molar-refractivity contribution >= 4 is 16.7 Å². The minimum atomic E-state index is -0.881. The SMILES string of the molecule is Cc1cc2cc[c-]cc2cc1C(=O)O.[Y]. The van der Waals surface area contributed by atoms with Crippen LogP contribution < -0.4 is 0 Å². The van der Waals surface area contributed by atoms with Crippen LogP contribution in [0.5, 0.6) is 0 Å². The van der Waals surface area contributed by atoms with Gasteiger partial charge >= 0.3 is 5.97 Å². The summed E-state index contributed by atoms with van der Waals surface area (Å²) in [5.41, 5.74) is 1.15. The second-order valence-corrected chi connectivity index (χ2v) is 3.25. The summed E-state index contributed by atoms with van der Waals surface area (Å²) in [5.74, 6) is -0.881. The Hall–Kier alpha value is -0.726. The summed E-state index contributed by atoms with van der Waals surface area (Å²) in [6.07, 6.45) is 0. The van der Waals surface area contributed by atoms with Crippen LogP contribution in [-0.2, 0) is 32.7 Å². The third kappa shape index (κ3) is 2.44. The molecule has 0 bridgehead atoms. The van der Waals surface area contributed by atoms with E-state index in [-0.39, 0.29) is 32.7 Å². The Morgan fingerprint density at radius 3 is 2.73 bits per heavy atom. The van der Waals surface area contributed by atoms with E-state index in [1.54, 1.807) is 19.1 Å². The molecule has 0 fully saturated rings. The second-order valence-electron chi connectivity index (χ2n) is 3.25. The first-order valence-corrected chi connectivity index (χ1v) is 4.32. The number of aryl methyl sites for hydroxylation is 1. The molecule has 0 unspecified atom stereocenters. The van der Waals surface area contributed by atoms with E-state index in [2.05, 4.69) is 6.07 Å². The van der Waals surface area contributed by atoms with Crippen molar-refractivity contribution in [1.29, 1.82) is 0 Å². The van der Waals surface area contributed by atoms with Gasteiger partial charge in [0.15, 0.2) is 0 Å². The van der Waals surface area contributed by atoms with Crippen LogP contribution in [0.25, 0.3) is 10.8 Å². The van der Waals surface area contributed by atoms with Crippen molar-refractivity contribution in [1.82, 2.24) is 0 Å². The van der Waals surface area contributed by atoms with Gasteiger partial charge < -0.3 is 5.11 Å². The summed E-state index contributed by atoms with van der Waals surface area (Å²) in [6.45, 7) is 1.81. The van der Waals surface area contributed by atoms with Crippen molar-refractivity contribution in [2.75, 3.05) is 0 Å². The molecule has 1 N–H and O–H groups in total. The molecule has 0 atom stereocenters. The number of rotatable bonds is 1. The Kier molecular flexibility index (Phi) is 4.00. The molecule has 15 heavy (non-hydrogen) atoms. The maximum atomic E-state index is 10.9. The monoisotopic (exact) mass is 274 g/mol. The minimum absolute atomic E-state index is 0. The fourth-order valence-electron chi connectivity index (χ4n) is 1.52. The molecule has 1 radical (unpaired) electrons. The van der Waals surface area contributed by atoms with Crippen LogP contribution in [0.2, 0.25) is 0 Å². The quantitative estimate of drug-likeness (QED) is 0.812. The van der Waals surface area contributed by atoms with Crippen molar-refractivity contribution in [2.24, 2.45) is 0 Å². The third-order valence-corrected chi connectivity index (χ3v) is 2.26. The molecule has 0 amide bonds. The van der Waals surface area contributed by atoms with Crippen LogP contribution in [0.3, 0.4) is 0 Å². The molecule has 2 aromatic carbocycles. The van der Waals surface area contributed by atoms with Crippen molar-refractivity contribution in [3.05, 3.63) is 47.5 Å². The molecule has 2 aromatic rings. The maximum absolute atomic E-state index is 10.9. The standard InChI is InChI=1S/C12H9O2.Y/c1-8-6-9-4-2-3-5-10(9)7-11(8)12(13)14;/h2,4-7H,1H3,(H,13,14);/q-1;. The van der Waals surface area contributed by atoms with Gasteiger partial charge in [0, 0.05) is 32.7 Å². The molecule has 2 nitrogen and oxygen atoms in total. The number of aromatic carboxylic acids is 1. The van der Waals surface area contributed by atoms with Gasteiger partial charge in [-0.15, -0.1) is 10.8 Å². The van der Waals surface area contributed by atoms with Gasteiger partial charge in [-0.1, -0.05) is 12.1 Å². The zero-order valence-electron chi connectivity index (χ0n) is 8.32. The van der Waals surface area contributed by atoms with E-state index < -0.39 is 5.97 Å². The number of carbonyl (C=O) groups is 1. The zero-order valence-corrected chi connectivity index (χ0v) is 11.2. The van der Waals surface area contributed by atoms with E-state index in [9.17, 15) is 4.79 Å². The molecule has 0 saturated carbocycles. The summed E-state index contributed by atoms with van der Waals surface area (Å²) in [5, 5.41) is 10.9. The summed E-state index contributed by atoms with van der Waals surface area (Å²) in [4.78, 5) is 10.9. The average Bonchev–Trinajstić information content (AvgIpc) is 2.16. The van der Waals surface area contributed by atoms with Crippen LogP contribution in [0, 0.1) is 13.0 Å². The van der Waals surface area contributed by atoms with E-state index >= 15 is 0 Å². The largest absolute Gasteiger partial charge is 0.478 e. The van der Waals surface area contributed by atoms with Crippen molar-refractivity contribution in [3.63, 3.8) is 0 Å². The van der Waals surface area contributed by atoms with E-state index in [4.69, 9.17) is 5.11 Å². The molecule has 0 aliphatic heterocycles. The number of benzene rings is 2. The van der Waals surface area contributed by atoms with Crippen molar-refractivity contribution in [3.8, 4) is 0 Å². The molecule has 0 heterocycles. The first-order chi connectivity index (χ1) is 6.68. The molecule has 0 saturated heterocycles. The van der Waals surface area contributed by atoms with Crippen molar-refractivity contribution < 1.29 is 42.6 Å². The van der Waals surface area contributed by atoms with E-state index in [0.29, 0.717) is 5.56 Å². The number of carboxylic acids is 1.